The van der Waals surface area contributed by atoms with E-state index in [-0.39, 0.29) is 24.0 Å². The Kier molecular flexibility index (Phi) is 7.81. The van der Waals surface area contributed by atoms with E-state index < -0.39 is 22.0 Å². The normalized spacial score (nSPS) is 12.6. The number of para-hydroxylation sites is 1. The minimum absolute atomic E-state index is 0.0298. The van der Waals surface area contributed by atoms with Crippen molar-refractivity contribution in [2.75, 3.05) is 13.2 Å². The standard InChI is InChI=1S/C22H29NO5S/c1-15(2)20(23-29(25,26)19-11-9-16(3)10-12-19)22(24)28-14-13-27-21-17(4)7-6-8-18(21)5/h6-12,15,20,23H,13-14H2,1-5H3/t20-/m0/s1. The lowest BCUT2D eigenvalue weighted by Crippen LogP contribution is -2.45. The highest BCUT2D eigenvalue weighted by atomic mass is 32.2. The molecule has 2 aromatic rings. The zero-order chi connectivity index (χ0) is 21.6. The van der Waals surface area contributed by atoms with Crippen molar-refractivity contribution in [2.45, 2.75) is 45.6 Å². The molecule has 158 valence electrons. The predicted octanol–water partition coefficient (Wildman–Crippen LogP) is 3.54. The van der Waals surface area contributed by atoms with Crippen LogP contribution in [-0.2, 0) is 19.6 Å². The summed E-state index contributed by atoms with van der Waals surface area (Å²) in [6, 6.07) is 11.3. The van der Waals surface area contributed by atoms with Crippen molar-refractivity contribution in [1.82, 2.24) is 4.72 Å². The van der Waals surface area contributed by atoms with Gasteiger partial charge in [-0.15, -0.1) is 0 Å². The van der Waals surface area contributed by atoms with Gasteiger partial charge in [0.2, 0.25) is 10.0 Å². The number of hydrogen-bond acceptors (Lipinski definition) is 5. The van der Waals surface area contributed by atoms with Crippen molar-refractivity contribution in [3.8, 4) is 5.75 Å². The quantitative estimate of drug-likeness (QED) is 0.497. The van der Waals surface area contributed by atoms with E-state index in [4.69, 9.17) is 9.47 Å². The van der Waals surface area contributed by atoms with E-state index in [0.717, 1.165) is 22.4 Å². The second-order valence-corrected chi connectivity index (χ2v) is 9.11. The number of carbonyl (C=O) groups is 1. The van der Waals surface area contributed by atoms with Crippen LogP contribution in [0.4, 0.5) is 0 Å². The van der Waals surface area contributed by atoms with Gasteiger partial charge in [-0.2, -0.15) is 4.72 Å². The van der Waals surface area contributed by atoms with E-state index >= 15 is 0 Å². The highest BCUT2D eigenvalue weighted by Gasteiger charge is 2.29. The Balaban J connectivity index is 1.96. The third-order valence-electron chi connectivity index (χ3n) is 4.52. The first-order valence-electron chi connectivity index (χ1n) is 9.56. The smallest absolute Gasteiger partial charge is 0.324 e. The molecule has 2 aromatic carbocycles. The number of hydrogen-bond donors (Lipinski definition) is 1. The molecular formula is C22H29NO5S. The lowest BCUT2D eigenvalue weighted by Gasteiger charge is -2.21. The van der Waals surface area contributed by atoms with Crippen molar-refractivity contribution < 1.29 is 22.7 Å². The van der Waals surface area contributed by atoms with Gasteiger partial charge < -0.3 is 9.47 Å². The number of nitrogens with one attached hydrogen (secondary N) is 1. The number of ether oxygens (including phenoxy) is 2. The van der Waals surface area contributed by atoms with Gasteiger partial charge >= 0.3 is 5.97 Å². The molecule has 7 heteroatoms. The van der Waals surface area contributed by atoms with Crippen LogP contribution in [0.5, 0.6) is 5.75 Å². The SMILES string of the molecule is Cc1ccc(S(=O)(=O)N[C@H](C(=O)OCCOc2c(C)cccc2C)C(C)C)cc1. The van der Waals surface area contributed by atoms with Crippen molar-refractivity contribution in [2.24, 2.45) is 5.92 Å². The summed E-state index contributed by atoms with van der Waals surface area (Å²) in [6.07, 6.45) is 0. The molecule has 0 fully saturated rings. The number of rotatable bonds is 9. The molecule has 1 N–H and O–H groups in total. The van der Waals surface area contributed by atoms with Crippen LogP contribution < -0.4 is 9.46 Å². The van der Waals surface area contributed by atoms with E-state index in [2.05, 4.69) is 4.72 Å². The first kappa shape index (κ1) is 22.9. The Hall–Kier alpha value is -2.38. The van der Waals surface area contributed by atoms with E-state index in [1.807, 2.05) is 39.0 Å². The molecule has 0 amide bonds. The number of benzene rings is 2. The zero-order valence-electron chi connectivity index (χ0n) is 17.6. The van der Waals surface area contributed by atoms with Crippen LogP contribution in [-0.4, -0.2) is 33.6 Å². The summed E-state index contributed by atoms with van der Waals surface area (Å²) in [4.78, 5) is 12.6. The van der Waals surface area contributed by atoms with E-state index in [1.54, 1.807) is 26.0 Å². The third kappa shape index (κ3) is 6.30. The maximum absolute atomic E-state index is 12.6. The second-order valence-electron chi connectivity index (χ2n) is 7.39. The fraction of sp³-hybridized carbons (Fsp3) is 0.409. The van der Waals surface area contributed by atoms with Crippen molar-refractivity contribution in [3.63, 3.8) is 0 Å². The molecule has 1 atom stereocenters. The van der Waals surface area contributed by atoms with Crippen LogP contribution in [0.2, 0.25) is 0 Å². The van der Waals surface area contributed by atoms with Gasteiger partial charge in [-0.3, -0.25) is 4.79 Å². The Morgan fingerprint density at radius 2 is 1.55 bits per heavy atom. The fourth-order valence-electron chi connectivity index (χ4n) is 2.81. The minimum atomic E-state index is -3.83. The van der Waals surface area contributed by atoms with E-state index in [1.165, 1.54) is 12.1 Å². The first-order chi connectivity index (χ1) is 13.6. The largest absolute Gasteiger partial charge is 0.489 e. The summed E-state index contributed by atoms with van der Waals surface area (Å²) in [5, 5.41) is 0. The molecule has 0 bridgehead atoms. The molecular weight excluding hydrogens is 390 g/mol. The Labute approximate surface area is 173 Å². The Morgan fingerprint density at radius 1 is 0.966 bits per heavy atom. The van der Waals surface area contributed by atoms with Gasteiger partial charge in [0, 0.05) is 0 Å². The van der Waals surface area contributed by atoms with E-state index in [0.29, 0.717) is 0 Å². The highest BCUT2D eigenvalue weighted by Crippen LogP contribution is 2.22. The molecule has 29 heavy (non-hydrogen) atoms. The van der Waals surface area contributed by atoms with Crippen molar-refractivity contribution >= 4 is 16.0 Å². The molecule has 0 radical (unpaired) electrons. The number of aryl methyl sites for hydroxylation is 3. The van der Waals surface area contributed by atoms with Gasteiger partial charge in [0.25, 0.3) is 0 Å². The lowest BCUT2D eigenvalue weighted by molar-refractivity contribution is -0.147. The van der Waals surface area contributed by atoms with Gasteiger partial charge in [-0.05, 0) is 49.9 Å². The van der Waals surface area contributed by atoms with Crippen LogP contribution in [0.3, 0.4) is 0 Å². The van der Waals surface area contributed by atoms with Gasteiger partial charge in [-0.1, -0.05) is 49.7 Å². The second kappa shape index (κ2) is 9.89. The molecule has 0 unspecified atom stereocenters. The molecule has 0 aliphatic carbocycles. The van der Waals surface area contributed by atoms with Crippen molar-refractivity contribution in [1.29, 1.82) is 0 Å². The summed E-state index contributed by atoms with van der Waals surface area (Å²) < 4.78 is 38.7. The number of carbonyl (C=O) groups excluding carboxylic acids is 1. The Bertz CT molecular complexity index is 916. The van der Waals surface area contributed by atoms with E-state index in [9.17, 15) is 13.2 Å². The summed E-state index contributed by atoms with van der Waals surface area (Å²) in [6.45, 7) is 9.51. The van der Waals surface area contributed by atoms with Crippen LogP contribution >= 0.6 is 0 Å². The molecule has 2 rings (SSSR count). The third-order valence-corrected chi connectivity index (χ3v) is 5.97. The zero-order valence-corrected chi connectivity index (χ0v) is 18.4. The lowest BCUT2D eigenvalue weighted by atomic mass is 10.1. The molecule has 0 saturated carbocycles. The van der Waals surface area contributed by atoms with Gasteiger partial charge in [0.05, 0.1) is 4.90 Å². The monoisotopic (exact) mass is 419 g/mol. The number of esters is 1. The summed E-state index contributed by atoms with van der Waals surface area (Å²) in [5.74, 6) is -0.132. The average molecular weight is 420 g/mol. The molecule has 0 aliphatic heterocycles. The van der Waals surface area contributed by atoms with Gasteiger partial charge in [0.1, 0.15) is 25.0 Å². The first-order valence-corrected chi connectivity index (χ1v) is 11.0. The molecule has 6 nitrogen and oxygen atoms in total. The molecule has 0 saturated heterocycles. The Morgan fingerprint density at radius 3 is 2.10 bits per heavy atom. The minimum Gasteiger partial charge on any atom is -0.489 e. The molecule has 0 aliphatic rings. The number of sulfonamides is 1. The summed E-state index contributed by atoms with van der Waals surface area (Å²) >= 11 is 0. The predicted molar refractivity (Wildman–Crippen MR) is 112 cm³/mol. The van der Waals surface area contributed by atoms with Crippen LogP contribution in [0.25, 0.3) is 0 Å². The maximum Gasteiger partial charge on any atom is 0.324 e. The molecule has 0 aromatic heterocycles. The molecule has 0 heterocycles. The van der Waals surface area contributed by atoms with Gasteiger partial charge in [-0.25, -0.2) is 8.42 Å². The van der Waals surface area contributed by atoms with Crippen LogP contribution in [0, 0.1) is 26.7 Å². The topological polar surface area (TPSA) is 81.7 Å². The van der Waals surface area contributed by atoms with Crippen LogP contribution in [0.15, 0.2) is 47.4 Å². The summed E-state index contributed by atoms with van der Waals surface area (Å²) in [5.41, 5.74) is 2.96. The molecule has 0 spiro atoms. The van der Waals surface area contributed by atoms with Gasteiger partial charge in [0.15, 0.2) is 0 Å². The highest BCUT2D eigenvalue weighted by molar-refractivity contribution is 7.89. The fourth-order valence-corrected chi connectivity index (χ4v) is 4.14. The average Bonchev–Trinajstić information content (AvgIpc) is 2.65. The summed E-state index contributed by atoms with van der Waals surface area (Å²) in [7, 11) is -3.83. The maximum atomic E-state index is 12.6. The van der Waals surface area contributed by atoms with Crippen LogP contribution in [0.1, 0.15) is 30.5 Å². The van der Waals surface area contributed by atoms with Crippen molar-refractivity contribution in [3.05, 3.63) is 59.2 Å².